The molecule has 1 aliphatic rings. The van der Waals surface area contributed by atoms with Gasteiger partial charge in [0.1, 0.15) is 17.1 Å². The lowest BCUT2D eigenvalue weighted by atomic mass is 9.81. The van der Waals surface area contributed by atoms with E-state index in [4.69, 9.17) is 9.47 Å². The Morgan fingerprint density at radius 1 is 0.972 bits per heavy atom. The number of benzene rings is 4. The van der Waals surface area contributed by atoms with Gasteiger partial charge in [0.25, 0.3) is 0 Å². The monoisotopic (exact) mass is 480 g/mol. The lowest BCUT2D eigenvalue weighted by molar-refractivity contribution is 0.0693. The molecule has 0 saturated carbocycles. The second-order valence-electron chi connectivity index (χ2n) is 9.70. The first-order valence-electron chi connectivity index (χ1n) is 12.7. The highest BCUT2D eigenvalue weighted by Gasteiger charge is 2.32. The van der Waals surface area contributed by atoms with E-state index in [1.807, 2.05) is 24.3 Å². The van der Waals surface area contributed by atoms with E-state index < -0.39 is 5.97 Å². The second kappa shape index (κ2) is 10.4. The van der Waals surface area contributed by atoms with Gasteiger partial charge in [-0.05, 0) is 60.1 Å². The maximum atomic E-state index is 11.8. The third kappa shape index (κ3) is 4.68. The van der Waals surface area contributed by atoms with E-state index in [0.717, 1.165) is 42.6 Å². The van der Waals surface area contributed by atoms with E-state index in [2.05, 4.69) is 55.5 Å². The molecule has 1 N–H and O–H groups in total. The van der Waals surface area contributed by atoms with Crippen LogP contribution in [0.5, 0.6) is 11.5 Å². The number of methoxy groups -OCH3 is 1. The van der Waals surface area contributed by atoms with E-state index in [1.165, 1.54) is 16.3 Å². The summed E-state index contributed by atoms with van der Waals surface area (Å²) in [5, 5.41) is 12.3. The number of ether oxygens (including phenoxy) is 2. The molecule has 184 valence electrons. The highest BCUT2D eigenvalue weighted by Crippen LogP contribution is 2.45. The Balaban J connectivity index is 1.34. The molecule has 0 aromatic heterocycles. The predicted octanol–water partition coefficient (Wildman–Crippen LogP) is 7.80. The molecule has 0 radical (unpaired) electrons. The van der Waals surface area contributed by atoms with Crippen molar-refractivity contribution in [2.45, 2.75) is 50.5 Å². The molecule has 0 unspecified atom stereocenters. The lowest BCUT2D eigenvalue weighted by Gasteiger charge is -2.33. The van der Waals surface area contributed by atoms with Gasteiger partial charge in [-0.3, -0.25) is 0 Å². The SMILES string of the molecule is COc1c(C(=O)O)cccc1[C@@H]1C[C@H](CCC[C@H](C)c2cccc3ccccc23)Oc2ccccc21. The fourth-order valence-corrected chi connectivity index (χ4v) is 5.68. The number of carboxylic acid groups (broad SMARTS) is 1. The maximum Gasteiger partial charge on any atom is 0.339 e. The van der Waals surface area contributed by atoms with Gasteiger partial charge in [-0.2, -0.15) is 0 Å². The first kappa shape index (κ1) is 23.9. The lowest BCUT2D eigenvalue weighted by Crippen LogP contribution is -2.26. The van der Waals surface area contributed by atoms with Crippen molar-refractivity contribution in [3.8, 4) is 11.5 Å². The van der Waals surface area contributed by atoms with Crippen LogP contribution < -0.4 is 9.47 Å². The third-order valence-electron chi connectivity index (χ3n) is 7.46. The highest BCUT2D eigenvalue weighted by atomic mass is 16.5. The molecule has 4 heteroatoms. The Labute approximate surface area is 212 Å². The van der Waals surface area contributed by atoms with E-state index >= 15 is 0 Å². The van der Waals surface area contributed by atoms with Crippen molar-refractivity contribution >= 4 is 16.7 Å². The summed E-state index contributed by atoms with van der Waals surface area (Å²) in [6.07, 6.45) is 3.93. The van der Waals surface area contributed by atoms with Crippen molar-refractivity contribution in [1.29, 1.82) is 0 Å². The van der Waals surface area contributed by atoms with Crippen molar-refractivity contribution < 1.29 is 19.4 Å². The van der Waals surface area contributed by atoms with Crippen LogP contribution in [0.25, 0.3) is 10.8 Å². The summed E-state index contributed by atoms with van der Waals surface area (Å²) < 4.78 is 12.1. The highest BCUT2D eigenvalue weighted by molar-refractivity contribution is 5.91. The molecule has 5 rings (SSSR count). The van der Waals surface area contributed by atoms with Crippen molar-refractivity contribution in [2.24, 2.45) is 0 Å². The largest absolute Gasteiger partial charge is 0.496 e. The minimum Gasteiger partial charge on any atom is -0.496 e. The first-order valence-corrected chi connectivity index (χ1v) is 12.7. The van der Waals surface area contributed by atoms with Gasteiger partial charge in [-0.1, -0.05) is 79.7 Å². The van der Waals surface area contributed by atoms with Crippen molar-refractivity contribution in [3.63, 3.8) is 0 Å². The van der Waals surface area contributed by atoms with Crippen LogP contribution in [-0.4, -0.2) is 24.3 Å². The van der Waals surface area contributed by atoms with E-state index in [-0.39, 0.29) is 17.6 Å². The number of hydrogen-bond acceptors (Lipinski definition) is 3. The van der Waals surface area contributed by atoms with Crippen LogP contribution in [0, 0.1) is 0 Å². The molecule has 4 aromatic carbocycles. The molecular weight excluding hydrogens is 448 g/mol. The van der Waals surface area contributed by atoms with Crippen LogP contribution in [0.15, 0.2) is 84.9 Å². The molecule has 0 amide bonds. The molecule has 0 saturated heterocycles. The van der Waals surface area contributed by atoms with Gasteiger partial charge >= 0.3 is 5.97 Å². The van der Waals surface area contributed by atoms with Gasteiger partial charge < -0.3 is 14.6 Å². The van der Waals surface area contributed by atoms with Crippen molar-refractivity contribution in [3.05, 3.63) is 107 Å². The molecule has 36 heavy (non-hydrogen) atoms. The number of carboxylic acids is 1. The number of fused-ring (bicyclic) bond motifs is 2. The van der Waals surface area contributed by atoms with Crippen LogP contribution in [0.3, 0.4) is 0 Å². The standard InChI is InChI=1S/C32H32O4/c1-21(24-16-8-12-22-11-3-4-14-25(22)24)10-7-13-23-20-29(26-15-5-6-19-30(26)36-23)27-17-9-18-28(32(33)34)31(27)35-2/h3-6,8-9,11-12,14-19,21,23,29H,7,10,13,20H2,1-2H3,(H,33,34)/t21-,23-,29+/m0/s1. The first-order chi connectivity index (χ1) is 17.6. The normalized spacial score (nSPS) is 17.7. The molecule has 0 aliphatic carbocycles. The smallest absolute Gasteiger partial charge is 0.339 e. The Hall–Kier alpha value is -3.79. The number of rotatable bonds is 8. The van der Waals surface area contributed by atoms with Crippen LogP contribution in [0.4, 0.5) is 0 Å². The zero-order valence-corrected chi connectivity index (χ0v) is 20.8. The minimum absolute atomic E-state index is 0.0182. The molecule has 4 nitrogen and oxygen atoms in total. The Morgan fingerprint density at radius 2 is 1.69 bits per heavy atom. The Kier molecular flexibility index (Phi) is 6.95. The predicted molar refractivity (Wildman–Crippen MR) is 143 cm³/mol. The Morgan fingerprint density at radius 3 is 2.53 bits per heavy atom. The summed E-state index contributed by atoms with van der Waals surface area (Å²) in [5.41, 5.74) is 3.58. The fourth-order valence-electron chi connectivity index (χ4n) is 5.68. The molecule has 0 bridgehead atoms. The molecule has 0 fully saturated rings. The molecule has 4 aromatic rings. The maximum absolute atomic E-state index is 11.8. The average Bonchev–Trinajstić information content (AvgIpc) is 2.91. The summed E-state index contributed by atoms with van der Waals surface area (Å²) in [6, 6.07) is 28.6. The van der Waals surface area contributed by atoms with E-state index in [1.54, 1.807) is 19.2 Å². The molecule has 0 spiro atoms. The van der Waals surface area contributed by atoms with E-state index in [9.17, 15) is 9.90 Å². The van der Waals surface area contributed by atoms with Crippen LogP contribution in [0.1, 0.15) is 71.5 Å². The quantitative estimate of drug-likeness (QED) is 0.279. The minimum atomic E-state index is -0.979. The molecule has 3 atom stereocenters. The number of carbonyl (C=O) groups is 1. The van der Waals surface area contributed by atoms with E-state index in [0.29, 0.717) is 11.7 Å². The van der Waals surface area contributed by atoms with Crippen LogP contribution >= 0.6 is 0 Å². The van der Waals surface area contributed by atoms with Crippen molar-refractivity contribution in [1.82, 2.24) is 0 Å². The topological polar surface area (TPSA) is 55.8 Å². The van der Waals surface area contributed by atoms with Gasteiger partial charge in [0.2, 0.25) is 0 Å². The third-order valence-corrected chi connectivity index (χ3v) is 7.46. The van der Waals surface area contributed by atoms with Gasteiger partial charge in [0.15, 0.2) is 0 Å². The summed E-state index contributed by atoms with van der Waals surface area (Å²) in [6.45, 7) is 2.31. The van der Waals surface area contributed by atoms with Gasteiger partial charge in [-0.15, -0.1) is 0 Å². The number of aromatic carboxylic acids is 1. The Bertz CT molecular complexity index is 1370. The van der Waals surface area contributed by atoms with Gasteiger partial charge in [0.05, 0.1) is 13.2 Å². The summed E-state index contributed by atoms with van der Waals surface area (Å²) >= 11 is 0. The zero-order valence-electron chi connectivity index (χ0n) is 20.8. The van der Waals surface area contributed by atoms with Crippen LogP contribution in [0.2, 0.25) is 0 Å². The fraction of sp³-hybridized carbons (Fsp3) is 0.281. The van der Waals surface area contributed by atoms with Crippen molar-refractivity contribution in [2.75, 3.05) is 7.11 Å². The molecular formula is C32H32O4. The number of hydrogen-bond donors (Lipinski definition) is 1. The molecule has 1 aliphatic heterocycles. The van der Waals surface area contributed by atoms with Crippen LogP contribution in [-0.2, 0) is 0 Å². The number of para-hydroxylation sites is 2. The summed E-state index contributed by atoms with van der Waals surface area (Å²) in [5.74, 6) is 0.812. The zero-order chi connectivity index (χ0) is 25.1. The average molecular weight is 481 g/mol. The molecule has 1 heterocycles. The summed E-state index contributed by atoms with van der Waals surface area (Å²) in [7, 11) is 1.54. The second-order valence-corrected chi connectivity index (χ2v) is 9.70. The van der Waals surface area contributed by atoms with Gasteiger partial charge in [-0.25, -0.2) is 4.79 Å². The summed E-state index contributed by atoms with van der Waals surface area (Å²) in [4.78, 5) is 11.8. The van der Waals surface area contributed by atoms with Gasteiger partial charge in [0, 0.05) is 17.0 Å².